The monoisotopic (exact) mass is 245 g/mol. The zero-order chi connectivity index (χ0) is 11.7. The molecule has 3 rings (SSSR count). The summed E-state index contributed by atoms with van der Waals surface area (Å²) in [6.07, 6.45) is 1.71. The third kappa shape index (κ3) is 1.87. The Hall–Kier alpha value is -2.28. The van der Waals surface area contributed by atoms with Crippen molar-refractivity contribution in [2.75, 3.05) is 5.32 Å². The third-order valence-corrected chi connectivity index (χ3v) is 2.89. The first-order valence-corrected chi connectivity index (χ1v) is 5.71. The van der Waals surface area contributed by atoms with E-state index in [0.29, 0.717) is 10.7 Å². The summed E-state index contributed by atoms with van der Waals surface area (Å²) in [7, 11) is 0. The molecule has 0 aliphatic heterocycles. The Morgan fingerprint density at radius 1 is 1.41 bits per heavy atom. The number of aromatic amines is 1. The van der Waals surface area contributed by atoms with Crippen molar-refractivity contribution < 1.29 is 4.79 Å². The third-order valence-electron chi connectivity index (χ3n) is 2.28. The Kier molecular flexibility index (Phi) is 2.30. The number of hydrogen-bond acceptors (Lipinski definition) is 5. The maximum atomic E-state index is 11.9. The van der Waals surface area contributed by atoms with Gasteiger partial charge in [0.15, 0.2) is 0 Å². The Bertz CT molecular complexity index is 660. The first-order chi connectivity index (χ1) is 8.33. The van der Waals surface area contributed by atoms with Crippen molar-refractivity contribution in [3.05, 3.63) is 35.5 Å². The molecule has 1 aromatic carbocycles. The lowest BCUT2D eigenvalue weighted by molar-refractivity contribution is 0.102. The van der Waals surface area contributed by atoms with Gasteiger partial charge in [-0.05, 0) is 12.1 Å². The van der Waals surface area contributed by atoms with Crippen LogP contribution in [0.25, 0.3) is 10.9 Å². The van der Waals surface area contributed by atoms with Crippen molar-refractivity contribution in [3.8, 4) is 0 Å². The van der Waals surface area contributed by atoms with Crippen LogP contribution in [0.15, 0.2) is 29.9 Å². The van der Waals surface area contributed by atoms with E-state index in [2.05, 4.69) is 25.7 Å². The number of nitrogens with zero attached hydrogens (tertiary/aromatic N) is 3. The summed E-state index contributed by atoms with van der Waals surface area (Å²) in [5, 5.41) is 18.2. The molecule has 0 saturated carbocycles. The van der Waals surface area contributed by atoms with Gasteiger partial charge in [0, 0.05) is 10.9 Å². The second kappa shape index (κ2) is 3.95. The average Bonchev–Trinajstić information content (AvgIpc) is 2.97. The van der Waals surface area contributed by atoms with Crippen LogP contribution in [-0.2, 0) is 0 Å². The van der Waals surface area contributed by atoms with Crippen LogP contribution in [0.5, 0.6) is 0 Å². The molecular formula is C10H7N5OS. The van der Waals surface area contributed by atoms with Crippen molar-refractivity contribution in [1.82, 2.24) is 20.4 Å². The van der Waals surface area contributed by atoms with E-state index in [1.165, 1.54) is 11.3 Å². The SMILES string of the molecule is O=C(Nc1nncs1)c1ccc2cn[nH]c2c1. The van der Waals surface area contributed by atoms with Gasteiger partial charge in [-0.2, -0.15) is 5.10 Å². The Balaban J connectivity index is 1.90. The zero-order valence-corrected chi connectivity index (χ0v) is 9.36. The van der Waals surface area contributed by atoms with Gasteiger partial charge in [-0.1, -0.05) is 17.4 Å². The minimum absolute atomic E-state index is 0.210. The van der Waals surface area contributed by atoms with E-state index in [1.807, 2.05) is 6.07 Å². The fourth-order valence-electron chi connectivity index (χ4n) is 1.48. The highest BCUT2D eigenvalue weighted by atomic mass is 32.1. The fourth-order valence-corrected chi connectivity index (χ4v) is 1.92. The van der Waals surface area contributed by atoms with Crippen LogP contribution in [0.4, 0.5) is 5.13 Å². The molecule has 2 heterocycles. The van der Waals surface area contributed by atoms with Gasteiger partial charge in [0.05, 0.1) is 11.7 Å². The van der Waals surface area contributed by atoms with E-state index in [-0.39, 0.29) is 5.91 Å². The standard InChI is InChI=1S/C10H7N5OS/c16-9(13-10-15-12-5-17-10)6-1-2-7-4-11-14-8(7)3-6/h1-5H,(H,11,14)(H,13,15,16). The fraction of sp³-hybridized carbons (Fsp3) is 0. The number of aromatic nitrogens is 4. The van der Waals surface area contributed by atoms with Gasteiger partial charge in [0.1, 0.15) is 5.51 Å². The molecule has 0 unspecified atom stereocenters. The van der Waals surface area contributed by atoms with Gasteiger partial charge in [-0.15, -0.1) is 10.2 Å². The van der Waals surface area contributed by atoms with Crippen molar-refractivity contribution >= 4 is 33.3 Å². The highest BCUT2D eigenvalue weighted by Crippen LogP contribution is 2.15. The zero-order valence-electron chi connectivity index (χ0n) is 8.54. The average molecular weight is 245 g/mol. The number of carbonyl (C=O) groups is 1. The number of nitrogens with one attached hydrogen (secondary N) is 2. The lowest BCUT2D eigenvalue weighted by atomic mass is 10.1. The molecule has 0 fully saturated rings. The summed E-state index contributed by atoms with van der Waals surface area (Å²) in [6.45, 7) is 0. The minimum atomic E-state index is -0.210. The topological polar surface area (TPSA) is 83.6 Å². The van der Waals surface area contributed by atoms with E-state index < -0.39 is 0 Å². The molecule has 0 aliphatic carbocycles. The molecule has 0 spiro atoms. The summed E-state index contributed by atoms with van der Waals surface area (Å²) < 4.78 is 0. The summed E-state index contributed by atoms with van der Waals surface area (Å²) in [5.41, 5.74) is 2.94. The van der Waals surface area contributed by atoms with Crippen LogP contribution in [0, 0.1) is 0 Å². The number of rotatable bonds is 2. The van der Waals surface area contributed by atoms with Crippen LogP contribution in [0.2, 0.25) is 0 Å². The first-order valence-electron chi connectivity index (χ1n) is 4.83. The van der Waals surface area contributed by atoms with Gasteiger partial charge in [0.2, 0.25) is 5.13 Å². The van der Waals surface area contributed by atoms with E-state index in [0.717, 1.165) is 10.9 Å². The molecule has 0 bridgehead atoms. The largest absolute Gasteiger partial charge is 0.296 e. The highest BCUT2D eigenvalue weighted by Gasteiger charge is 2.08. The molecule has 0 atom stereocenters. The van der Waals surface area contributed by atoms with Gasteiger partial charge in [-0.25, -0.2) is 0 Å². The molecule has 84 valence electrons. The van der Waals surface area contributed by atoms with Crippen molar-refractivity contribution in [2.24, 2.45) is 0 Å². The molecule has 0 saturated heterocycles. The summed E-state index contributed by atoms with van der Waals surface area (Å²) >= 11 is 1.28. The summed E-state index contributed by atoms with van der Waals surface area (Å²) in [5.74, 6) is -0.210. The highest BCUT2D eigenvalue weighted by molar-refractivity contribution is 7.13. The van der Waals surface area contributed by atoms with Crippen molar-refractivity contribution in [1.29, 1.82) is 0 Å². The quantitative estimate of drug-likeness (QED) is 0.719. The second-order valence-electron chi connectivity index (χ2n) is 3.37. The first kappa shape index (κ1) is 9.91. The Labute approximate surface area is 99.7 Å². The lowest BCUT2D eigenvalue weighted by Gasteiger charge is -2.00. The van der Waals surface area contributed by atoms with E-state index in [1.54, 1.807) is 23.8 Å². The molecule has 2 N–H and O–H groups in total. The molecule has 6 nitrogen and oxygen atoms in total. The summed E-state index contributed by atoms with van der Waals surface area (Å²) in [4.78, 5) is 11.9. The maximum Gasteiger partial charge on any atom is 0.257 e. The molecule has 1 amide bonds. The number of benzene rings is 1. The van der Waals surface area contributed by atoms with Crippen LogP contribution in [0.3, 0.4) is 0 Å². The van der Waals surface area contributed by atoms with Crippen LogP contribution in [0.1, 0.15) is 10.4 Å². The molecule has 0 radical (unpaired) electrons. The van der Waals surface area contributed by atoms with Crippen molar-refractivity contribution in [3.63, 3.8) is 0 Å². The lowest BCUT2D eigenvalue weighted by Crippen LogP contribution is -2.11. The number of hydrogen-bond donors (Lipinski definition) is 2. The number of anilines is 1. The van der Waals surface area contributed by atoms with Crippen LogP contribution < -0.4 is 5.32 Å². The molecule has 7 heteroatoms. The van der Waals surface area contributed by atoms with Crippen molar-refractivity contribution in [2.45, 2.75) is 0 Å². The number of fused-ring (bicyclic) bond motifs is 1. The second-order valence-corrected chi connectivity index (χ2v) is 4.20. The van der Waals surface area contributed by atoms with Gasteiger partial charge < -0.3 is 0 Å². The Morgan fingerprint density at radius 2 is 2.35 bits per heavy atom. The van der Waals surface area contributed by atoms with E-state index in [4.69, 9.17) is 0 Å². The molecule has 3 aromatic rings. The van der Waals surface area contributed by atoms with Gasteiger partial charge >= 0.3 is 0 Å². The smallest absolute Gasteiger partial charge is 0.257 e. The molecule has 0 aliphatic rings. The Morgan fingerprint density at radius 3 is 3.18 bits per heavy atom. The van der Waals surface area contributed by atoms with Crippen LogP contribution >= 0.6 is 11.3 Å². The predicted molar refractivity (Wildman–Crippen MR) is 64.0 cm³/mol. The number of H-pyrrole nitrogens is 1. The molecular weight excluding hydrogens is 238 g/mol. The number of amides is 1. The van der Waals surface area contributed by atoms with E-state index >= 15 is 0 Å². The normalized spacial score (nSPS) is 10.6. The molecule has 17 heavy (non-hydrogen) atoms. The minimum Gasteiger partial charge on any atom is -0.296 e. The maximum absolute atomic E-state index is 11.9. The van der Waals surface area contributed by atoms with Crippen LogP contribution in [-0.4, -0.2) is 26.3 Å². The van der Waals surface area contributed by atoms with Gasteiger partial charge in [-0.3, -0.25) is 15.2 Å². The van der Waals surface area contributed by atoms with E-state index in [9.17, 15) is 4.79 Å². The molecule has 2 aromatic heterocycles. The predicted octanol–water partition coefficient (Wildman–Crippen LogP) is 1.67. The number of carbonyl (C=O) groups excluding carboxylic acids is 1. The van der Waals surface area contributed by atoms with Gasteiger partial charge in [0.25, 0.3) is 5.91 Å². The summed E-state index contributed by atoms with van der Waals surface area (Å²) in [6, 6.07) is 5.33.